The van der Waals surface area contributed by atoms with Gasteiger partial charge in [-0.3, -0.25) is 0 Å². The highest BCUT2D eigenvalue weighted by Crippen LogP contribution is 2.26. The number of rotatable bonds is 6. The summed E-state index contributed by atoms with van der Waals surface area (Å²) < 4.78 is 6.13. The Kier molecular flexibility index (Phi) is 6.33. The minimum absolute atomic E-state index is 0.101. The number of aryl methyl sites for hydroxylation is 3. The fourth-order valence-corrected chi connectivity index (χ4v) is 3.70. The normalized spacial score (nSPS) is 23.0. The van der Waals surface area contributed by atoms with Gasteiger partial charge in [0.1, 0.15) is 18.0 Å². The number of para-hydroxylation sites is 1. The fourth-order valence-electron chi connectivity index (χ4n) is 3.70. The van der Waals surface area contributed by atoms with E-state index < -0.39 is 6.10 Å². The predicted molar refractivity (Wildman–Crippen MR) is 107 cm³/mol. The summed E-state index contributed by atoms with van der Waals surface area (Å²) in [6.45, 7) is 7.22. The molecule has 140 valence electrons. The molecule has 3 atom stereocenters. The van der Waals surface area contributed by atoms with Gasteiger partial charge in [-0.15, -0.1) is 0 Å². The molecule has 1 aliphatic rings. The maximum Gasteiger partial charge on any atom is 0.126 e. The highest BCUT2D eigenvalue weighted by atomic mass is 16.5. The van der Waals surface area contributed by atoms with Crippen LogP contribution in [0.25, 0.3) is 0 Å². The standard InChI is InChI=1S/C23H31NO2/c1-16-11-12-19(15-18(16)3)13-14-24-20-8-6-10-22(23(20)25)26-21-9-5-4-7-17(21)2/h4-5,7,9,11-12,15,20,22-25H,6,8,10,13-14H2,1-3H3/t20-,22+,23+/m0/s1. The van der Waals surface area contributed by atoms with Crippen molar-refractivity contribution in [3.8, 4) is 5.75 Å². The van der Waals surface area contributed by atoms with E-state index in [1.807, 2.05) is 31.2 Å². The van der Waals surface area contributed by atoms with Gasteiger partial charge < -0.3 is 15.2 Å². The minimum atomic E-state index is -0.469. The molecule has 0 saturated heterocycles. The fraction of sp³-hybridized carbons (Fsp3) is 0.478. The van der Waals surface area contributed by atoms with Crippen LogP contribution in [0.1, 0.15) is 41.5 Å². The average Bonchev–Trinajstić information content (AvgIpc) is 2.63. The van der Waals surface area contributed by atoms with Gasteiger partial charge in [0.2, 0.25) is 0 Å². The lowest BCUT2D eigenvalue weighted by Crippen LogP contribution is -2.51. The molecular weight excluding hydrogens is 322 g/mol. The Morgan fingerprint density at radius 1 is 1.00 bits per heavy atom. The van der Waals surface area contributed by atoms with E-state index in [0.717, 1.165) is 43.5 Å². The lowest BCUT2D eigenvalue weighted by Gasteiger charge is -2.35. The van der Waals surface area contributed by atoms with Crippen LogP contribution >= 0.6 is 0 Å². The number of aliphatic hydroxyl groups excluding tert-OH is 1. The molecule has 3 rings (SSSR count). The van der Waals surface area contributed by atoms with Crippen LogP contribution in [-0.4, -0.2) is 29.9 Å². The Morgan fingerprint density at radius 3 is 2.58 bits per heavy atom. The third-order valence-corrected chi connectivity index (χ3v) is 5.56. The number of ether oxygens (including phenoxy) is 1. The van der Waals surface area contributed by atoms with Crippen molar-refractivity contribution in [3.63, 3.8) is 0 Å². The van der Waals surface area contributed by atoms with Crippen molar-refractivity contribution in [1.29, 1.82) is 0 Å². The van der Waals surface area contributed by atoms with Crippen LogP contribution in [0.15, 0.2) is 42.5 Å². The van der Waals surface area contributed by atoms with Crippen molar-refractivity contribution < 1.29 is 9.84 Å². The summed E-state index contributed by atoms with van der Waals surface area (Å²) in [6.07, 6.45) is 3.36. The molecule has 0 radical (unpaired) electrons. The van der Waals surface area contributed by atoms with Gasteiger partial charge in [0, 0.05) is 6.04 Å². The molecule has 3 nitrogen and oxygen atoms in total. The molecule has 1 aliphatic carbocycles. The Balaban J connectivity index is 1.53. The van der Waals surface area contributed by atoms with E-state index in [9.17, 15) is 5.11 Å². The van der Waals surface area contributed by atoms with Crippen molar-refractivity contribution in [2.75, 3.05) is 6.54 Å². The summed E-state index contributed by atoms with van der Waals surface area (Å²) in [6, 6.07) is 14.8. The maximum atomic E-state index is 10.8. The number of hydrogen-bond acceptors (Lipinski definition) is 3. The SMILES string of the molecule is Cc1ccc(CCN[C@H]2CCC[C@@H](Oc3ccccc3C)[C@@H]2O)cc1C. The number of benzene rings is 2. The first kappa shape index (κ1) is 18.9. The highest BCUT2D eigenvalue weighted by Gasteiger charge is 2.33. The van der Waals surface area contributed by atoms with Crippen LogP contribution in [-0.2, 0) is 6.42 Å². The zero-order chi connectivity index (χ0) is 18.5. The summed E-state index contributed by atoms with van der Waals surface area (Å²) in [5, 5.41) is 14.3. The molecule has 1 fully saturated rings. The number of nitrogens with one attached hydrogen (secondary N) is 1. The summed E-state index contributed by atoms with van der Waals surface area (Å²) in [5.74, 6) is 0.882. The third kappa shape index (κ3) is 4.66. The van der Waals surface area contributed by atoms with E-state index in [1.165, 1.54) is 16.7 Å². The lowest BCUT2D eigenvalue weighted by atomic mass is 9.89. The van der Waals surface area contributed by atoms with Crippen LogP contribution in [0, 0.1) is 20.8 Å². The number of aliphatic hydroxyl groups is 1. The zero-order valence-electron chi connectivity index (χ0n) is 16.2. The molecule has 2 N–H and O–H groups in total. The van der Waals surface area contributed by atoms with Crippen molar-refractivity contribution >= 4 is 0 Å². The first-order chi connectivity index (χ1) is 12.5. The first-order valence-corrected chi connectivity index (χ1v) is 9.74. The second-order valence-corrected chi connectivity index (χ2v) is 7.57. The molecule has 0 spiro atoms. The van der Waals surface area contributed by atoms with Crippen LogP contribution in [0.4, 0.5) is 0 Å². The van der Waals surface area contributed by atoms with E-state index >= 15 is 0 Å². The molecule has 1 saturated carbocycles. The Morgan fingerprint density at radius 2 is 1.81 bits per heavy atom. The van der Waals surface area contributed by atoms with Crippen molar-refractivity contribution in [2.24, 2.45) is 0 Å². The van der Waals surface area contributed by atoms with Gasteiger partial charge in [0.25, 0.3) is 0 Å². The highest BCUT2D eigenvalue weighted by molar-refractivity contribution is 5.32. The smallest absolute Gasteiger partial charge is 0.126 e. The van der Waals surface area contributed by atoms with Crippen LogP contribution < -0.4 is 10.1 Å². The van der Waals surface area contributed by atoms with Gasteiger partial charge in [0.05, 0.1) is 0 Å². The topological polar surface area (TPSA) is 41.5 Å². The third-order valence-electron chi connectivity index (χ3n) is 5.56. The summed E-state index contributed by atoms with van der Waals surface area (Å²) in [7, 11) is 0. The van der Waals surface area contributed by atoms with Gasteiger partial charge in [-0.05, 0) is 81.3 Å². The van der Waals surface area contributed by atoms with E-state index in [-0.39, 0.29) is 12.1 Å². The van der Waals surface area contributed by atoms with Gasteiger partial charge in [0.15, 0.2) is 0 Å². The van der Waals surface area contributed by atoms with Gasteiger partial charge >= 0.3 is 0 Å². The van der Waals surface area contributed by atoms with Crippen molar-refractivity contribution in [2.45, 2.75) is 64.7 Å². The molecule has 0 bridgehead atoms. The monoisotopic (exact) mass is 353 g/mol. The van der Waals surface area contributed by atoms with Gasteiger partial charge in [-0.2, -0.15) is 0 Å². The van der Waals surface area contributed by atoms with E-state index in [4.69, 9.17) is 4.74 Å². The molecule has 0 heterocycles. The molecule has 0 unspecified atom stereocenters. The molecule has 26 heavy (non-hydrogen) atoms. The quantitative estimate of drug-likeness (QED) is 0.821. The Labute approximate surface area is 157 Å². The number of hydrogen-bond donors (Lipinski definition) is 2. The minimum Gasteiger partial charge on any atom is -0.487 e. The van der Waals surface area contributed by atoms with Crippen molar-refractivity contribution in [3.05, 3.63) is 64.7 Å². The van der Waals surface area contributed by atoms with Crippen molar-refractivity contribution in [1.82, 2.24) is 5.32 Å². The van der Waals surface area contributed by atoms with Gasteiger partial charge in [-0.25, -0.2) is 0 Å². The molecular formula is C23H31NO2. The average molecular weight is 354 g/mol. The molecule has 0 amide bonds. The molecule has 0 aliphatic heterocycles. The molecule has 3 heteroatoms. The molecule has 2 aromatic rings. The predicted octanol–water partition coefficient (Wildman–Crippen LogP) is 4.10. The van der Waals surface area contributed by atoms with Gasteiger partial charge in [-0.1, -0.05) is 36.4 Å². The van der Waals surface area contributed by atoms with E-state index in [2.05, 4.69) is 37.4 Å². The Hall–Kier alpha value is -1.84. The zero-order valence-corrected chi connectivity index (χ0v) is 16.2. The largest absolute Gasteiger partial charge is 0.487 e. The van der Waals surface area contributed by atoms with E-state index in [1.54, 1.807) is 0 Å². The summed E-state index contributed by atoms with van der Waals surface area (Å²) in [5.41, 5.74) is 5.13. The molecule has 0 aromatic heterocycles. The lowest BCUT2D eigenvalue weighted by molar-refractivity contribution is -0.0154. The first-order valence-electron chi connectivity index (χ1n) is 9.74. The second-order valence-electron chi connectivity index (χ2n) is 7.57. The summed E-state index contributed by atoms with van der Waals surface area (Å²) in [4.78, 5) is 0. The van der Waals surface area contributed by atoms with Crippen LogP contribution in [0.3, 0.4) is 0 Å². The van der Waals surface area contributed by atoms with Crippen LogP contribution in [0.2, 0.25) is 0 Å². The summed E-state index contributed by atoms with van der Waals surface area (Å²) >= 11 is 0. The molecule has 2 aromatic carbocycles. The maximum absolute atomic E-state index is 10.8. The van der Waals surface area contributed by atoms with E-state index in [0.29, 0.717) is 0 Å². The van der Waals surface area contributed by atoms with Crippen LogP contribution in [0.5, 0.6) is 5.75 Å². The Bertz CT molecular complexity index is 728. The second kappa shape index (κ2) is 8.70.